The molecule has 0 bridgehead atoms. The number of primary amides is 1. The van der Waals surface area contributed by atoms with Crippen LogP contribution in [-0.2, 0) is 4.79 Å². The molecule has 0 spiro atoms. The highest BCUT2D eigenvalue weighted by Crippen LogP contribution is 2.35. The number of fused-ring (bicyclic) bond motifs is 1. The van der Waals surface area contributed by atoms with Crippen LogP contribution < -0.4 is 16.0 Å². The molecule has 4 aromatic rings. The lowest BCUT2D eigenvalue weighted by Crippen LogP contribution is -2.36. The average molecular weight is 494 g/mol. The maximum Gasteiger partial charge on any atom is 0.273 e. The number of thiophene rings is 1. The van der Waals surface area contributed by atoms with Crippen LogP contribution in [0.4, 0.5) is 0 Å². The zero-order chi connectivity index (χ0) is 23.8. The first kappa shape index (κ1) is 22.7. The largest absolute Gasteiger partial charge is 0.496 e. The summed E-state index contributed by atoms with van der Waals surface area (Å²) in [5.41, 5.74) is 8.06. The lowest BCUT2D eigenvalue weighted by molar-refractivity contribution is -0.123. The number of nitrogens with zero attached hydrogens (tertiary/aromatic N) is 2. The van der Waals surface area contributed by atoms with Gasteiger partial charge in [-0.2, -0.15) is 0 Å². The fourth-order valence-electron chi connectivity index (χ4n) is 4.59. The molecule has 0 radical (unpaired) electrons. The highest BCUT2D eigenvalue weighted by atomic mass is 35.5. The summed E-state index contributed by atoms with van der Waals surface area (Å²) in [7, 11) is 1.56. The summed E-state index contributed by atoms with van der Waals surface area (Å²) in [5, 5.41) is 1.57. The van der Waals surface area contributed by atoms with E-state index < -0.39 is 11.9 Å². The van der Waals surface area contributed by atoms with Crippen molar-refractivity contribution >= 4 is 38.9 Å². The van der Waals surface area contributed by atoms with Gasteiger partial charge in [-0.25, -0.2) is 0 Å². The van der Waals surface area contributed by atoms with Crippen molar-refractivity contribution < 1.29 is 9.53 Å². The topological polar surface area (TPSA) is 77.6 Å². The van der Waals surface area contributed by atoms with Gasteiger partial charge in [-0.1, -0.05) is 29.8 Å². The molecule has 2 N–H and O–H groups in total. The number of hydrogen-bond donors (Lipinski definition) is 1. The minimum absolute atomic E-state index is 0.108. The van der Waals surface area contributed by atoms with Crippen LogP contribution in [0.3, 0.4) is 0 Å². The first-order chi connectivity index (χ1) is 16.5. The molecule has 34 heavy (non-hydrogen) atoms. The molecule has 5 rings (SSSR count). The number of ether oxygens (including phenoxy) is 1. The molecule has 6 nitrogen and oxygen atoms in total. The van der Waals surface area contributed by atoms with E-state index in [1.807, 2.05) is 48.5 Å². The molecule has 1 unspecified atom stereocenters. The number of likely N-dealkylation sites (tertiary alicyclic amines) is 1. The van der Waals surface area contributed by atoms with Crippen molar-refractivity contribution in [2.75, 3.05) is 20.2 Å². The Labute approximate surface area is 206 Å². The van der Waals surface area contributed by atoms with Gasteiger partial charge in [-0.15, -0.1) is 11.3 Å². The van der Waals surface area contributed by atoms with E-state index in [2.05, 4.69) is 4.90 Å². The van der Waals surface area contributed by atoms with Crippen molar-refractivity contribution in [1.29, 1.82) is 0 Å². The minimum atomic E-state index is -0.551. The van der Waals surface area contributed by atoms with E-state index in [1.54, 1.807) is 23.9 Å². The van der Waals surface area contributed by atoms with E-state index in [4.69, 9.17) is 22.1 Å². The molecule has 3 heterocycles. The van der Waals surface area contributed by atoms with Gasteiger partial charge in [0.05, 0.1) is 12.8 Å². The van der Waals surface area contributed by atoms with Crippen molar-refractivity contribution in [3.8, 4) is 21.9 Å². The van der Waals surface area contributed by atoms with Crippen molar-refractivity contribution in [2.45, 2.75) is 18.9 Å². The molecule has 1 amide bonds. The zero-order valence-electron chi connectivity index (χ0n) is 18.7. The molecule has 1 aliphatic rings. The third-order valence-electron chi connectivity index (χ3n) is 6.27. The molecule has 0 saturated carbocycles. The molecule has 1 aliphatic heterocycles. The average Bonchev–Trinajstić information content (AvgIpc) is 3.51. The maximum absolute atomic E-state index is 13.4. The molecular weight excluding hydrogens is 470 g/mol. The molecule has 1 fully saturated rings. The summed E-state index contributed by atoms with van der Waals surface area (Å²) in [6.07, 6.45) is 3.85. The summed E-state index contributed by atoms with van der Waals surface area (Å²) in [4.78, 5) is 28.8. The highest BCUT2D eigenvalue weighted by molar-refractivity contribution is 7.22. The van der Waals surface area contributed by atoms with Crippen molar-refractivity contribution in [3.63, 3.8) is 0 Å². The number of pyridine rings is 1. The number of amides is 1. The highest BCUT2D eigenvalue weighted by Gasteiger charge is 2.30. The van der Waals surface area contributed by atoms with Crippen LogP contribution in [0.1, 0.15) is 24.4 Å². The zero-order valence-corrected chi connectivity index (χ0v) is 20.2. The third kappa shape index (κ3) is 4.11. The molecule has 1 atom stereocenters. The summed E-state index contributed by atoms with van der Waals surface area (Å²) >= 11 is 7.47. The number of aromatic nitrogens is 1. The van der Waals surface area contributed by atoms with Crippen LogP contribution in [0.25, 0.3) is 26.2 Å². The Kier molecular flexibility index (Phi) is 6.16. The van der Waals surface area contributed by atoms with Gasteiger partial charge in [-0.3, -0.25) is 19.1 Å². The van der Waals surface area contributed by atoms with Crippen LogP contribution in [-0.4, -0.2) is 35.6 Å². The van der Waals surface area contributed by atoms with E-state index >= 15 is 0 Å². The van der Waals surface area contributed by atoms with Gasteiger partial charge in [0, 0.05) is 33.1 Å². The van der Waals surface area contributed by atoms with Crippen LogP contribution in [0, 0.1) is 0 Å². The molecule has 0 aliphatic carbocycles. The smallest absolute Gasteiger partial charge is 0.273 e. The summed E-state index contributed by atoms with van der Waals surface area (Å²) < 4.78 is 7.91. The fraction of sp³-hybridized carbons (Fsp3) is 0.231. The van der Waals surface area contributed by atoms with Gasteiger partial charge < -0.3 is 10.5 Å². The van der Waals surface area contributed by atoms with Gasteiger partial charge >= 0.3 is 0 Å². The molecule has 1 saturated heterocycles. The van der Waals surface area contributed by atoms with Crippen LogP contribution in [0.2, 0.25) is 5.02 Å². The molecule has 2 aromatic heterocycles. The second-order valence-corrected chi connectivity index (χ2v) is 9.86. The molecule has 174 valence electrons. The van der Waals surface area contributed by atoms with Gasteiger partial charge in [0.1, 0.15) is 16.5 Å². The Morgan fingerprint density at radius 1 is 1.09 bits per heavy atom. The minimum Gasteiger partial charge on any atom is -0.496 e. The Morgan fingerprint density at radius 2 is 1.82 bits per heavy atom. The number of methoxy groups -OCH3 is 1. The third-order valence-corrected chi connectivity index (χ3v) is 7.71. The summed E-state index contributed by atoms with van der Waals surface area (Å²) in [5.74, 6) is 0.132. The van der Waals surface area contributed by atoms with Gasteiger partial charge in [0.25, 0.3) is 5.56 Å². The second-order valence-electron chi connectivity index (χ2n) is 8.37. The standard InChI is InChI=1S/C26H24ClN3O3S/c1-33-21-15-19(8-9-20(21)23(25(28)31)29-11-2-3-12-29)30-13-10-17-14-22(34-24(17)26(30)32)16-4-6-18(27)7-5-16/h4-10,13-15,23H,2-3,11-12H2,1H3,(H2,28,31). The number of carbonyl (C=O) groups excluding carboxylic acids is 1. The normalized spacial score (nSPS) is 15.0. The second kappa shape index (κ2) is 9.25. The van der Waals surface area contributed by atoms with E-state index in [0.717, 1.165) is 47.3 Å². The molecule has 2 aromatic carbocycles. The predicted molar refractivity (Wildman–Crippen MR) is 137 cm³/mol. The first-order valence-corrected chi connectivity index (χ1v) is 12.3. The number of carbonyl (C=O) groups is 1. The predicted octanol–water partition coefficient (Wildman–Crippen LogP) is 5.00. The van der Waals surface area contributed by atoms with E-state index in [9.17, 15) is 9.59 Å². The van der Waals surface area contributed by atoms with Gasteiger partial charge in [0.2, 0.25) is 5.91 Å². The number of rotatable bonds is 6. The molecule has 8 heteroatoms. The maximum atomic E-state index is 13.4. The summed E-state index contributed by atoms with van der Waals surface area (Å²) in [6.45, 7) is 1.64. The number of benzene rings is 2. The van der Waals surface area contributed by atoms with E-state index in [1.165, 1.54) is 11.3 Å². The number of halogens is 1. The number of nitrogens with two attached hydrogens (primary N) is 1. The van der Waals surface area contributed by atoms with Gasteiger partial charge in [-0.05, 0) is 61.8 Å². The number of hydrogen-bond acceptors (Lipinski definition) is 5. The lowest BCUT2D eigenvalue weighted by Gasteiger charge is -2.26. The van der Waals surface area contributed by atoms with E-state index in [-0.39, 0.29) is 5.56 Å². The Hall–Kier alpha value is -3.13. The fourth-order valence-corrected chi connectivity index (χ4v) is 5.81. The quantitative estimate of drug-likeness (QED) is 0.410. The Bertz CT molecular complexity index is 1420. The van der Waals surface area contributed by atoms with Crippen LogP contribution in [0.15, 0.2) is 65.6 Å². The lowest BCUT2D eigenvalue weighted by atomic mass is 10.0. The molecular formula is C26H24ClN3O3S. The summed E-state index contributed by atoms with van der Waals surface area (Å²) in [6, 6.07) is 16.5. The SMILES string of the molecule is COc1cc(-n2ccc3cc(-c4ccc(Cl)cc4)sc3c2=O)ccc1C(C(N)=O)N1CCCC1. The van der Waals surface area contributed by atoms with Crippen molar-refractivity contribution in [3.05, 3.63) is 81.7 Å². The first-order valence-electron chi connectivity index (χ1n) is 11.1. The van der Waals surface area contributed by atoms with Crippen LogP contribution in [0.5, 0.6) is 5.75 Å². The Morgan fingerprint density at radius 3 is 2.50 bits per heavy atom. The van der Waals surface area contributed by atoms with Crippen LogP contribution >= 0.6 is 22.9 Å². The van der Waals surface area contributed by atoms with E-state index in [0.29, 0.717) is 21.2 Å². The van der Waals surface area contributed by atoms with Gasteiger partial charge in [0.15, 0.2) is 0 Å². The Balaban J connectivity index is 1.55. The van der Waals surface area contributed by atoms with Crippen molar-refractivity contribution in [2.24, 2.45) is 5.73 Å². The van der Waals surface area contributed by atoms with Crippen molar-refractivity contribution in [1.82, 2.24) is 9.47 Å². The monoisotopic (exact) mass is 493 g/mol.